The molecule has 0 spiro atoms. The van der Waals surface area contributed by atoms with Crippen molar-refractivity contribution in [3.8, 4) is 17.1 Å². The molecule has 0 aliphatic heterocycles. The molecule has 15 heteroatoms. The van der Waals surface area contributed by atoms with Gasteiger partial charge in [0.1, 0.15) is 5.82 Å². The summed E-state index contributed by atoms with van der Waals surface area (Å²) in [5.41, 5.74) is 0.354. The average Bonchev–Trinajstić information content (AvgIpc) is 2.87. The van der Waals surface area contributed by atoms with Gasteiger partial charge in [-0.2, -0.15) is 22.0 Å². The lowest BCUT2D eigenvalue weighted by Crippen LogP contribution is -2.45. The number of pyridine rings is 1. The van der Waals surface area contributed by atoms with Crippen LogP contribution in [0.4, 0.5) is 37.8 Å². The maximum Gasteiger partial charge on any atom is 0.454 e. The average molecular weight is 563 g/mol. The molecule has 3 aromatic rings. The van der Waals surface area contributed by atoms with Gasteiger partial charge in [0.2, 0.25) is 0 Å². The van der Waals surface area contributed by atoms with E-state index in [-0.39, 0.29) is 58.7 Å². The quantitative estimate of drug-likeness (QED) is 0.224. The largest absolute Gasteiger partial charge is 0.491 e. The molecule has 204 valence electrons. The molecule has 0 radical (unpaired) electrons. The van der Waals surface area contributed by atoms with Gasteiger partial charge in [-0.3, -0.25) is 9.78 Å². The van der Waals surface area contributed by atoms with E-state index >= 15 is 0 Å². The minimum Gasteiger partial charge on any atom is -0.491 e. The standard InChI is InChI=1S/C23H21ClF6N6O2/c1-38-18-11-34-19(14-9-13(24)3-4-16(14)25)36-20(18)35-17-5-8-31-10-15(17)21(37)33-7-2-6-32-12-22(26,27)23(28,29)30/h3-5,8-11,32H,2,6-7,12H2,1H3,(H,33,37)(H,31,34,35,36). The maximum absolute atomic E-state index is 14.3. The normalized spacial score (nSPS) is 11.8. The van der Waals surface area contributed by atoms with Crippen LogP contribution in [0.25, 0.3) is 11.4 Å². The van der Waals surface area contributed by atoms with Gasteiger partial charge in [0.25, 0.3) is 5.91 Å². The van der Waals surface area contributed by atoms with Crippen LogP contribution in [-0.2, 0) is 0 Å². The second-order valence-corrected chi connectivity index (χ2v) is 8.21. The van der Waals surface area contributed by atoms with Crippen molar-refractivity contribution in [2.45, 2.75) is 18.5 Å². The van der Waals surface area contributed by atoms with Crippen LogP contribution in [0.2, 0.25) is 5.02 Å². The first kappa shape index (κ1) is 28.9. The molecular weight excluding hydrogens is 542 g/mol. The van der Waals surface area contributed by atoms with Gasteiger partial charge in [-0.05, 0) is 37.2 Å². The number of benzene rings is 1. The molecule has 1 amide bonds. The molecule has 0 unspecified atom stereocenters. The highest BCUT2D eigenvalue weighted by Crippen LogP contribution is 2.34. The Morgan fingerprint density at radius 3 is 2.58 bits per heavy atom. The fourth-order valence-electron chi connectivity index (χ4n) is 3.08. The summed E-state index contributed by atoms with van der Waals surface area (Å²) in [5, 5.41) is 7.75. The van der Waals surface area contributed by atoms with Crippen molar-refractivity contribution in [1.29, 1.82) is 0 Å². The number of hydrogen-bond donors (Lipinski definition) is 3. The van der Waals surface area contributed by atoms with E-state index in [0.29, 0.717) is 0 Å². The lowest BCUT2D eigenvalue weighted by atomic mass is 10.2. The van der Waals surface area contributed by atoms with Crippen molar-refractivity contribution < 1.29 is 35.9 Å². The van der Waals surface area contributed by atoms with Crippen LogP contribution >= 0.6 is 11.6 Å². The zero-order valence-corrected chi connectivity index (χ0v) is 20.4. The van der Waals surface area contributed by atoms with Crippen LogP contribution < -0.4 is 20.7 Å². The first-order valence-corrected chi connectivity index (χ1v) is 11.3. The van der Waals surface area contributed by atoms with Crippen LogP contribution in [-0.4, -0.2) is 59.7 Å². The Morgan fingerprint density at radius 2 is 1.87 bits per heavy atom. The number of nitrogens with zero attached hydrogens (tertiary/aromatic N) is 3. The molecule has 0 saturated carbocycles. The van der Waals surface area contributed by atoms with E-state index in [2.05, 4.69) is 25.6 Å². The number of ether oxygens (including phenoxy) is 1. The van der Waals surface area contributed by atoms with Crippen LogP contribution in [0.5, 0.6) is 5.75 Å². The van der Waals surface area contributed by atoms with E-state index in [1.54, 1.807) is 0 Å². The summed E-state index contributed by atoms with van der Waals surface area (Å²) in [6.07, 6.45) is -1.61. The molecule has 38 heavy (non-hydrogen) atoms. The highest BCUT2D eigenvalue weighted by atomic mass is 35.5. The van der Waals surface area contributed by atoms with Crippen molar-refractivity contribution in [3.05, 3.63) is 59.3 Å². The highest BCUT2D eigenvalue weighted by Gasteiger charge is 2.56. The minimum atomic E-state index is -5.65. The number of anilines is 2. The van der Waals surface area contributed by atoms with E-state index in [9.17, 15) is 31.1 Å². The molecule has 0 aliphatic rings. The third kappa shape index (κ3) is 7.22. The summed E-state index contributed by atoms with van der Waals surface area (Å²) in [4.78, 5) is 25.0. The number of methoxy groups -OCH3 is 1. The molecule has 1 aromatic carbocycles. The Morgan fingerprint density at radius 1 is 1.11 bits per heavy atom. The van der Waals surface area contributed by atoms with Crippen LogP contribution in [0, 0.1) is 5.82 Å². The third-order valence-corrected chi connectivity index (χ3v) is 5.28. The summed E-state index contributed by atoms with van der Waals surface area (Å²) in [6.45, 7) is -1.78. The Bertz CT molecular complexity index is 1280. The van der Waals surface area contributed by atoms with Gasteiger partial charge in [-0.25, -0.2) is 14.4 Å². The summed E-state index contributed by atoms with van der Waals surface area (Å²) >= 11 is 5.96. The van der Waals surface area contributed by atoms with Gasteiger partial charge in [-0.1, -0.05) is 11.6 Å². The third-order valence-electron chi connectivity index (χ3n) is 5.04. The van der Waals surface area contributed by atoms with Gasteiger partial charge < -0.3 is 20.7 Å². The number of rotatable bonds is 11. The Kier molecular flexibility index (Phi) is 9.33. The SMILES string of the molecule is COc1cnc(-c2cc(Cl)ccc2F)nc1Nc1ccncc1C(=O)NCCCNCC(F)(F)C(F)(F)F. The summed E-state index contributed by atoms with van der Waals surface area (Å²) in [7, 11) is 1.36. The first-order chi connectivity index (χ1) is 17.9. The summed E-state index contributed by atoms with van der Waals surface area (Å²) in [5.74, 6) is -5.78. The number of alkyl halides is 5. The second kappa shape index (κ2) is 12.3. The van der Waals surface area contributed by atoms with Gasteiger partial charge in [0.15, 0.2) is 17.4 Å². The minimum absolute atomic E-state index is 0.00282. The Balaban J connectivity index is 1.67. The lowest BCUT2D eigenvalue weighted by Gasteiger charge is -2.19. The molecular formula is C23H21ClF6N6O2. The number of hydrogen-bond acceptors (Lipinski definition) is 7. The summed E-state index contributed by atoms with van der Waals surface area (Å²) in [6, 6.07) is 5.36. The van der Waals surface area contributed by atoms with Crippen molar-refractivity contribution in [1.82, 2.24) is 25.6 Å². The van der Waals surface area contributed by atoms with E-state index in [4.69, 9.17) is 16.3 Å². The number of halogens is 7. The van der Waals surface area contributed by atoms with E-state index in [1.165, 1.54) is 50.0 Å². The van der Waals surface area contributed by atoms with E-state index in [0.717, 1.165) is 0 Å². The molecule has 8 nitrogen and oxygen atoms in total. The molecule has 2 heterocycles. The Hall–Kier alpha value is -3.65. The molecule has 0 fully saturated rings. The smallest absolute Gasteiger partial charge is 0.454 e. The van der Waals surface area contributed by atoms with Crippen LogP contribution in [0.15, 0.2) is 42.9 Å². The van der Waals surface area contributed by atoms with Crippen molar-refractivity contribution in [2.24, 2.45) is 0 Å². The van der Waals surface area contributed by atoms with Gasteiger partial charge >= 0.3 is 12.1 Å². The van der Waals surface area contributed by atoms with Crippen molar-refractivity contribution >= 4 is 29.0 Å². The highest BCUT2D eigenvalue weighted by molar-refractivity contribution is 6.30. The predicted octanol–water partition coefficient (Wildman–Crippen LogP) is 4.99. The molecule has 3 rings (SSSR count). The van der Waals surface area contributed by atoms with E-state index < -0.39 is 30.4 Å². The fourth-order valence-corrected chi connectivity index (χ4v) is 3.25. The molecule has 0 saturated heterocycles. The predicted molar refractivity (Wildman–Crippen MR) is 127 cm³/mol. The van der Waals surface area contributed by atoms with Crippen LogP contribution in [0.1, 0.15) is 16.8 Å². The molecule has 0 atom stereocenters. The van der Waals surface area contributed by atoms with Crippen molar-refractivity contribution in [2.75, 3.05) is 32.1 Å². The number of amides is 1. The van der Waals surface area contributed by atoms with Crippen LogP contribution in [0.3, 0.4) is 0 Å². The molecule has 0 bridgehead atoms. The maximum atomic E-state index is 14.3. The zero-order valence-electron chi connectivity index (χ0n) is 19.7. The lowest BCUT2D eigenvalue weighted by molar-refractivity contribution is -0.279. The molecule has 3 N–H and O–H groups in total. The number of carbonyl (C=O) groups excluding carboxylic acids is 1. The Labute approximate surface area is 217 Å². The number of aromatic nitrogens is 3. The van der Waals surface area contributed by atoms with Crippen molar-refractivity contribution in [3.63, 3.8) is 0 Å². The topological polar surface area (TPSA) is 101 Å². The second-order valence-electron chi connectivity index (χ2n) is 7.77. The summed E-state index contributed by atoms with van der Waals surface area (Å²) < 4.78 is 82.0. The molecule has 0 aliphatic carbocycles. The fraction of sp³-hybridized carbons (Fsp3) is 0.304. The molecule has 2 aromatic heterocycles. The number of nitrogens with one attached hydrogen (secondary N) is 3. The number of carbonyl (C=O) groups is 1. The van der Waals surface area contributed by atoms with Gasteiger partial charge in [0, 0.05) is 24.0 Å². The zero-order chi connectivity index (χ0) is 27.9. The van der Waals surface area contributed by atoms with Gasteiger partial charge in [-0.15, -0.1) is 0 Å². The van der Waals surface area contributed by atoms with Gasteiger partial charge in [0.05, 0.1) is 36.7 Å². The monoisotopic (exact) mass is 562 g/mol. The van der Waals surface area contributed by atoms with E-state index in [1.807, 2.05) is 5.32 Å². The first-order valence-electron chi connectivity index (χ1n) is 10.9.